The van der Waals surface area contributed by atoms with Crippen LogP contribution in [0.5, 0.6) is 0 Å². The van der Waals surface area contributed by atoms with Gasteiger partial charge in [0.1, 0.15) is 4.99 Å². The first-order valence-electron chi connectivity index (χ1n) is 5.41. The van der Waals surface area contributed by atoms with Crippen LogP contribution in [-0.4, -0.2) is 35.9 Å². The molecule has 3 N–H and O–H groups in total. The number of thiocarbonyl (C=S) groups is 1. The van der Waals surface area contributed by atoms with Crippen LogP contribution in [0.15, 0.2) is 24.3 Å². The van der Waals surface area contributed by atoms with Crippen molar-refractivity contribution in [1.29, 1.82) is 0 Å². The molecule has 0 bridgehead atoms. The number of carbonyl (C=O) groups is 1. The van der Waals surface area contributed by atoms with Gasteiger partial charge in [-0.1, -0.05) is 31.3 Å². The first-order chi connectivity index (χ1) is 8.04. The molecule has 0 radical (unpaired) electrons. The van der Waals surface area contributed by atoms with Gasteiger partial charge >= 0.3 is 0 Å². The van der Waals surface area contributed by atoms with Crippen LogP contribution in [0.2, 0.25) is 0 Å². The van der Waals surface area contributed by atoms with Gasteiger partial charge in [-0.15, -0.1) is 0 Å². The van der Waals surface area contributed by atoms with E-state index in [4.69, 9.17) is 18.0 Å². The lowest BCUT2D eigenvalue weighted by Gasteiger charge is -2.14. The van der Waals surface area contributed by atoms with Gasteiger partial charge in [-0.3, -0.25) is 9.69 Å². The highest BCUT2D eigenvalue weighted by atomic mass is 32.1. The van der Waals surface area contributed by atoms with Crippen molar-refractivity contribution < 1.29 is 4.79 Å². The van der Waals surface area contributed by atoms with Gasteiger partial charge in [0.25, 0.3) is 0 Å². The van der Waals surface area contributed by atoms with Crippen molar-refractivity contribution in [3.63, 3.8) is 0 Å². The molecule has 0 unspecified atom stereocenters. The second-order valence-corrected chi connectivity index (χ2v) is 4.23. The van der Waals surface area contributed by atoms with Gasteiger partial charge in [0.15, 0.2) is 0 Å². The van der Waals surface area contributed by atoms with Crippen LogP contribution < -0.4 is 11.1 Å². The van der Waals surface area contributed by atoms with E-state index >= 15 is 0 Å². The molecule has 0 aromatic heterocycles. The summed E-state index contributed by atoms with van der Waals surface area (Å²) in [5, 5.41) is 2.81. The SMILES string of the molecule is CCN(C)CC(=O)Nc1ccccc1C(N)=S. The van der Waals surface area contributed by atoms with Crippen LogP contribution in [0, 0.1) is 0 Å². The van der Waals surface area contributed by atoms with Crippen LogP contribution in [0.3, 0.4) is 0 Å². The first kappa shape index (κ1) is 13.6. The smallest absolute Gasteiger partial charge is 0.238 e. The van der Waals surface area contributed by atoms with Crippen molar-refractivity contribution >= 4 is 28.8 Å². The molecule has 1 rings (SSSR count). The summed E-state index contributed by atoms with van der Waals surface area (Å²) in [5.74, 6) is -0.0713. The van der Waals surface area contributed by atoms with E-state index in [0.29, 0.717) is 17.8 Å². The molecule has 1 aromatic carbocycles. The number of likely N-dealkylation sites (N-methyl/N-ethyl adjacent to an activating group) is 1. The molecule has 0 aliphatic carbocycles. The minimum absolute atomic E-state index is 0.0713. The zero-order valence-corrected chi connectivity index (χ0v) is 10.9. The molecule has 92 valence electrons. The lowest BCUT2D eigenvalue weighted by Crippen LogP contribution is -2.30. The molecule has 1 amide bonds. The highest BCUT2D eigenvalue weighted by molar-refractivity contribution is 7.80. The fraction of sp³-hybridized carbons (Fsp3) is 0.333. The molecule has 1 aromatic rings. The number of para-hydroxylation sites is 1. The second kappa shape index (κ2) is 6.32. The number of nitrogens with two attached hydrogens (primary N) is 1. The molecule has 17 heavy (non-hydrogen) atoms. The number of anilines is 1. The van der Waals surface area contributed by atoms with E-state index in [1.165, 1.54) is 0 Å². The number of hydrogen-bond acceptors (Lipinski definition) is 3. The Kier molecular flexibility index (Phi) is 5.06. The Hall–Kier alpha value is -1.46. The van der Waals surface area contributed by atoms with E-state index in [9.17, 15) is 4.79 Å². The van der Waals surface area contributed by atoms with Gasteiger partial charge in [0, 0.05) is 5.56 Å². The Balaban J connectivity index is 2.74. The minimum Gasteiger partial charge on any atom is -0.389 e. The van der Waals surface area contributed by atoms with Crippen molar-refractivity contribution in [2.45, 2.75) is 6.92 Å². The Labute approximate surface area is 107 Å². The third kappa shape index (κ3) is 4.13. The Morgan fingerprint density at radius 3 is 2.71 bits per heavy atom. The predicted molar refractivity (Wildman–Crippen MR) is 74.1 cm³/mol. The maximum absolute atomic E-state index is 11.7. The molecule has 0 fully saturated rings. The predicted octanol–water partition coefficient (Wildman–Crippen LogP) is 1.21. The van der Waals surface area contributed by atoms with Gasteiger partial charge in [-0.2, -0.15) is 0 Å². The molecule has 0 heterocycles. The molecule has 0 spiro atoms. The fourth-order valence-corrected chi connectivity index (χ4v) is 1.53. The van der Waals surface area contributed by atoms with Gasteiger partial charge < -0.3 is 11.1 Å². The number of nitrogens with one attached hydrogen (secondary N) is 1. The number of nitrogens with zero attached hydrogens (tertiary/aromatic N) is 1. The van der Waals surface area contributed by atoms with Crippen LogP contribution in [0.4, 0.5) is 5.69 Å². The minimum atomic E-state index is -0.0713. The Bertz CT molecular complexity index is 420. The molecule has 5 heteroatoms. The molecule has 0 saturated heterocycles. The van der Waals surface area contributed by atoms with E-state index < -0.39 is 0 Å². The van der Waals surface area contributed by atoms with Crippen molar-refractivity contribution in [3.8, 4) is 0 Å². The Morgan fingerprint density at radius 1 is 1.47 bits per heavy atom. The van der Waals surface area contributed by atoms with Crippen molar-refractivity contribution in [2.24, 2.45) is 5.73 Å². The quantitative estimate of drug-likeness (QED) is 0.772. The molecular weight excluding hydrogens is 234 g/mol. The summed E-state index contributed by atoms with van der Waals surface area (Å²) in [7, 11) is 1.89. The fourth-order valence-electron chi connectivity index (χ4n) is 1.35. The topological polar surface area (TPSA) is 58.4 Å². The standard InChI is InChI=1S/C12H17N3OS/c1-3-15(2)8-11(16)14-10-7-5-4-6-9(10)12(13)17/h4-7H,3,8H2,1-2H3,(H2,13,17)(H,14,16). The monoisotopic (exact) mass is 251 g/mol. The summed E-state index contributed by atoms with van der Waals surface area (Å²) in [6.45, 7) is 3.17. The average molecular weight is 251 g/mol. The number of benzene rings is 1. The maximum atomic E-state index is 11.7. The molecule has 0 aliphatic heterocycles. The van der Waals surface area contributed by atoms with Crippen LogP contribution in [-0.2, 0) is 4.79 Å². The highest BCUT2D eigenvalue weighted by Gasteiger charge is 2.09. The van der Waals surface area contributed by atoms with Crippen LogP contribution in [0.1, 0.15) is 12.5 Å². The molecule has 4 nitrogen and oxygen atoms in total. The van der Waals surface area contributed by atoms with Gasteiger partial charge in [-0.05, 0) is 25.7 Å². The summed E-state index contributed by atoms with van der Waals surface area (Å²) in [6.07, 6.45) is 0. The van der Waals surface area contributed by atoms with Crippen molar-refractivity contribution in [3.05, 3.63) is 29.8 Å². The van der Waals surface area contributed by atoms with E-state index in [2.05, 4.69) is 5.32 Å². The van der Waals surface area contributed by atoms with Crippen molar-refractivity contribution in [1.82, 2.24) is 4.90 Å². The lowest BCUT2D eigenvalue weighted by molar-refractivity contribution is -0.117. The molecule has 0 atom stereocenters. The third-order valence-corrected chi connectivity index (χ3v) is 2.64. The lowest BCUT2D eigenvalue weighted by atomic mass is 10.2. The van der Waals surface area contributed by atoms with Crippen LogP contribution in [0.25, 0.3) is 0 Å². The summed E-state index contributed by atoms with van der Waals surface area (Å²) in [5.41, 5.74) is 6.94. The van der Waals surface area contributed by atoms with E-state index in [1.807, 2.05) is 31.0 Å². The summed E-state index contributed by atoms with van der Waals surface area (Å²) in [6, 6.07) is 7.25. The van der Waals surface area contributed by atoms with Crippen molar-refractivity contribution in [2.75, 3.05) is 25.5 Å². The largest absolute Gasteiger partial charge is 0.389 e. The van der Waals surface area contributed by atoms with E-state index in [1.54, 1.807) is 12.1 Å². The van der Waals surface area contributed by atoms with Gasteiger partial charge in [0.2, 0.25) is 5.91 Å². The number of rotatable bonds is 5. The zero-order chi connectivity index (χ0) is 12.8. The Morgan fingerprint density at radius 2 is 2.12 bits per heavy atom. The van der Waals surface area contributed by atoms with Gasteiger partial charge in [-0.25, -0.2) is 0 Å². The van der Waals surface area contributed by atoms with E-state index in [-0.39, 0.29) is 10.9 Å². The summed E-state index contributed by atoms with van der Waals surface area (Å²) >= 11 is 4.93. The van der Waals surface area contributed by atoms with Gasteiger partial charge in [0.05, 0.1) is 12.2 Å². The molecular formula is C12H17N3OS. The number of hydrogen-bond donors (Lipinski definition) is 2. The van der Waals surface area contributed by atoms with Crippen LogP contribution >= 0.6 is 12.2 Å². The average Bonchev–Trinajstić information content (AvgIpc) is 2.29. The normalized spacial score (nSPS) is 10.3. The van der Waals surface area contributed by atoms with E-state index in [0.717, 1.165) is 6.54 Å². The summed E-state index contributed by atoms with van der Waals surface area (Å²) in [4.78, 5) is 13.9. The number of amides is 1. The summed E-state index contributed by atoms with van der Waals surface area (Å²) < 4.78 is 0. The zero-order valence-electron chi connectivity index (χ0n) is 10.1. The number of carbonyl (C=O) groups excluding carboxylic acids is 1. The molecule has 0 saturated carbocycles. The first-order valence-corrected chi connectivity index (χ1v) is 5.82. The highest BCUT2D eigenvalue weighted by Crippen LogP contribution is 2.14. The maximum Gasteiger partial charge on any atom is 0.238 e. The molecule has 0 aliphatic rings. The third-order valence-electron chi connectivity index (χ3n) is 2.42. The second-order valence-electron chi connectivity index (χ2n) is 3.79.